The number of benzene rings is 1. The van der Waals surface area contributed by atoms with Crippen molar-refractivity contribution >= 4 is 23.2 Å². The molecule has 2 aromatic rings. The highest BCUT2D eigenvalue weighted by Gasteiger charge is 2.09. The standard InChI is InChI=1S/C12H13ClN4/c1-8(9-4-2-3-5-10(9)13)16-12-7-15-6-11(14)17-12/h2-8H,1H3,(H3,14,16,17). The molecular formula is C12H13ClN4. The number of nitrogens with two attached hydrogens (primary N) is 1. The Morgan fingerprint density at radius 3 is 2.76 bits per heavy atom. The van der Waals surface area contributed by atoms with Gasteiger partial charge in [0.1, 0.15) is 11.6 Å². The number of nitrogens with one attached hydrogen (secondary N) is 1. The van der Waals surface area contributed by atoms with Gasteiger partial charge in [-0.1, -0.05) is 29.8 Å². The van der Waals surface area contributed by atoms with E-state index < -0.39 is 0 Å². The molecule has 1 atom stereocenters. The second-order valence-corrected chi connectivity index (χ2v) is 4.12. The Labute approximate surface area is 105 Å². The molecule has 3 N–H and O–H groups in total. The summed E-state index contributed by atoms with van der Waals surface area (Å²) in [7, 11) is 0. The van der Waals surface area contributed by atoms with E-state index in [-0.39, 0.29) is 6.04 Å². The van der Waals surface area contributed by atoms with Gasteiger partial charge in [0.15, 0.2) is 0 Å². The van der Waals surface area contributed by atoms with Crippen molar-refractivity contribution in [2.45, 2.75) is 13.0 Å². The Balaban J connectivity index is 2.17. The van der Waals surface area contributed by atoms with Crippen LogP contribution >= 0.6 is 11.6 Å². The van der Waals surface area contributed by atoms with E-state index in [2.05, 4.69) is 15.3 Å². The fourth-order valence-corrected chi connectivity index (χ4v) is 1.88. The zero-order chi connectivity index (χ0) is 12.3. The first-order chi connectivity index (χ1) is 8.16. The summed E-state index contributed by atoms with van der Waals surface area (Å²) in [5.41, 5.74) is 6.58. The third-order valence-electron chi connectivity index (χ3n) is 2.39. The highest BCUT2D eigenvalue weighted by molar-refractivity contribution is 6.31. The molecule has 2 rings (SSSR count). The zero-order valence-electron chi connectivity index (χ0n) is 9.39. The molecule has 5 heteroatoms. The van der Waals surface area contributed by atoms with Gasteiger partial charge < -0.3 is 11.1 Å². The Morgan fingerprint density at radius 2 is 2.06 bits per heavy atom. The average molecular weight is 249 g/mol. The maximum Gasteiger partial charge on any atom is 0.147 e. The number of rotatable bonds is 3. The lowest BCUT2D eigenvalue weighted by Crippen LogP contribution is -2.09. The molecule has 1 aromatic carbocycles. The summed E-state index contributed by atoms with van der Waals surface area (Å²) in [5.74, 6) is 1.03. The van der Waals surface area contributed by atoms with E-state index in [9.17, 15) is 0 Å². The Bertz CT molecular complexity index is 515. The fraction of sp³-hybridized carbons (Fsp3) is 0.167. The number of nitrogen functional groups attached to an aromatic ring is 1. The molecular weight excluding hydrogens is 236 g/mol. The summed E-state index contributed by atoms with van der Waals surface area (Å²) >= 11 is 6.12. The lowest BCUT2D eigenvalue weighted by molar-refractivity contribution is 0.872. The van der Waals surface area contributed by atoms with Crippen molar-refractivity contribution in [1.82, 2.24) is 9.97 Å². The molecule has 17 heavy (non-hydrogen) atoms. The first kappa shape index (κ1) is 11.7. The SMILES string of the molecule is CC(Nc1cncc(N)n1)c1ccccc1Cl. The van der Waals surface area contributed by atoms with Crippen LogP contribution in [0.2, 0.25) is 5.02 Å². The van der Waals surface area contributed by atoms with Crippen molar-refractivity contribution in [2.24, 2.45) is 0 Å². The van der Waals surface area contributed by atoms with Crippen molar-refractivity contribution in [3.05, 3.63) is 47.2 Å². The van der Waals surface area contributed by atoms with Gasteiger partial charge in [-0.2, -0.15) is 0 Å². The predicted octanol–water partition coefficient (Wildman–Crippen LogP) is 2.89. The van der Waals surface area contributed by atoms with E-state index >= 15 is 0 Å². The molecule has 0 aliphatic heterocycles. The number of anilines is 2. The monoisotopic (exact) mass is 248 g/mol. The average Bonchev–Trinajstić information content (AvgIpc) is 2.29. The maximum absolute atomic E-state index is 6.12. The highest BCUT2D eigenvalue weighted by atomic mass is 35.5. The normalized spacial score (nSPS) is 12.1. The van der Waals surface area contributed by atoms with Gasteiger partial charge >= 0.3 is 0 Å². The minimum absolute atomic E-state index is 0.0415. The van der Waals surface area contributed by atoms with Gasteiger partial charge in [-0.25, -0.2) is 4.98 Å². The van der Waals surface area contributed by atoms with Gasteiger partial charge in [-0.3, -0.25) is 4.98 Å². The van der Waals surface area contributed by atoms with Crippen LogP contribution in [0.5, 0.6) is 0 Å². The van der Waals surface area contributed by atoms with Gasteiger partial charge in [0.25, 0.3) is 0 Å². The Hall–Kier alpha value is -1.81. The molecule has 1 aromatic heterocycles. The third-order valence-corrected chi connectivity index (χ3v) is 2.73. The van der Waals surface area contributed by atoms with Crippen LogP contribution in [0.3, 0.4) is 0 Å². The van der Waals surface area contributed by atoms with Crippen LogP contribution in [-0.4, -0.2) is 9.97 Å². The van der Waals surface area contributed by atoms with Crippen molar-refractivity contribution in [3.8, 4) is 0 Å². The quantitative estimate of drug-likeness (QED) is 0.877. The van der Waals surface area contributed by atoms with E-state index in [0.717, 1.165) is 10.6 Å². The number of hydrogen-bond donors (Lipinski definition) is 2. The summed E-state index contributed by atoms with van der Waals surface area (Å²) in [5, 5.41) is 3.93. The molecule has 88 valence electrons. The van der Waals surface area contributed by atoms with Crippen molar-refractivity contribution in [3.63, 3.8) is 0 Å². The molecule has 0 radical (unpaired) electrons. The van der Waals surface area contributed by atoms with Crippen LogP contribution in [0.15, 0.2) is 36.7 Å². The largest absolute Gasteiger partial charge is 0.382 e. The summed E-state index contributed by atoms with van der Waals surface area (Å²) in [4.78, 5) is 8.10. The van der Waals surface area contributed by atoms with Crippen LogP contribution in [0.4, 0.5) is 11.6 Å². The van der Waals surface area contributed by atoms with Crippen LogP contribution < -0.4 is 11.1 Å². The molecule has 4 nitrogen and oxygen atoms in total. The van der Waals surface area contributed by atoms with Crippen LogP contribution in [0.1, 0.15) is 18.5 Å². The fourth-order valence-electron chi connectivity index (χ4n) is 1.58. The first-order valence-corrected chi connectivity index (χ1v) is 5.63. The van der Waals surface area contributed by atoms with Crippen LogP contribution in [0, 0.1) is 0 Å². The predicted molar refractivity (Wildman–Crippen MR) is 69.9 cm³/mol. The third kappa shape index (κ3) is 2.85. The van der Waals surface area contributed by atoms with E-state index in [1.807, 2.05) is 31.2 Å². The second-order valence-electron chi connectivity index (χ2n) is 3.72. The number of hydrogen-bond acceptors (Lipinski definition) is 4. The second kappa shape index (κ2) is 5.01. The summed E-state index contributed by atoms with van der Waals surface area (Å²) < 4.78 is 0. The smallest absolute Gasteiger partial charge is 0.147 e. The summed E-state index contributed by atoms with van der Waals surface area (Å²) in [6.07, 6.45) is 3.13. The van der Waals surface area contributed by atoms with E-state index in [1.165, 1.54) is 6.20 Å². The molecule has 0 aliphatic rings. The summed E-state index contributed by atoms with van der Waals surface area (Å²) in [6, 6.07) is 7.73. The lowest BCUT2D eigenvalue weighted by atomic mass is 10.1. The van der Waals surface area contributed by atoms with Gasteiger partial charge in [-0.05, 0) is 18.6 Å². The van der Waals surface area contributed by atoms with Gasteiger partial charge in [0, 0.05) is 5.02 Å². The van der Waals surface area contributed by atoms with E-state index in [4.69, 9.17) is 17.3 Å². The molecule has 0 saturated carbocycles. The van der Waals surface area contributed by atoms with Crippen molar-refractivity contribution in [1.29, 1.82) is 0 Å². The first-order valence-electron chi connectivity index (χ1n) is 5.25. The maximum atomic E-state index is 6.12. The Kier molecular flexibility index (Phi) is 3.44. The molecule has 0 spiro atoms. The lowest BCUT2D eigenvalue weighted by Gasteiger charge is -2.15. The Morgan fingerprint density at radius 1 is 1.29 bits per heavy atom. The summed E-state index contributed by atoms with van der Waals surface area (Å²) in [6.45, 7) is 2.01. The van der Waals surface area contributed by atoms with Gasteiger partial charge in [0.05, 0.1) is 18.4 Å². The zero-order valence-corrected chi connectivity index (χ0v) is 10.1. The molecule has 0 aliphatic carbocycles. The van der Waals surface area contributed by atoms with E-state index in [0.29, 0.717) is 11.6 Å². The van der Waals surface area contributed by atoms with Crippen molar-refractivity contribution < 1.29 is 0 Å². The molecule has 0 saturated heterocycles. The molecule has 0 bridgehead atoms. The minimum atomic E-state index is 0.0415. The molecule has 0 fully saturated rings. The van der Waals surface area contributed by atoms with E-state index in [1.54, 1.807) is 6.20 Å². The van der Waals surface area contributed by atoms with Crippen molar-refractivity contribution in [2.75, 3.05) is 11.1 Å². The van der Waals surface area contributed by atoms with Gasteiger partial charge in [0.2, 0.25) is 0 Å². The van der Waals surface area contributed by atoms with Crippen LogP contribution in [-0.2, 0) is 0 Å². The molecule has 0 amide bonds. The molecule has 1 heterocycles. The molecule has 1 unspecified atom stereocenters. The highest BCUT2D eigenvalue weighted by Crippen LogP contribution is 2.24. The number of halogens is 1. The number of nitrogens with zero attached hydrogens (tertiary/aromatic N) is 2. The minimum Gasteiger partial charge on any atom is -0.382 e. The topological polar surface area (TPSA) is 63.8 Å². The van der Waals surface area contributed by atoms with Crippen LogP contribution in [0.25, 0.3) is 0 Å². The number of aromatic nitrogens is 2. The van der Waals surface area contributed by atoms with Gasteiger partial charge in [-0.15, -0.1) is 0 Å².